The number of aliphatic hydroxyl groups is 1. The lowest BCUT2D eigenvalue weighted by atomic mass is 10.1. The van der Waals surface area contributed by atoms with Gasteiger partial charge in [-0.2, -0.15) is 4.39 Å². The van der Waals surface area contributed by atoms with E-state index in [0.717, 1.165) is 6.07 Å². The van der Waals surface area contributed by atoms with E-state index in [2.05, 4.69) is 4.74 Å². The maximum atomic E-state index is 13.3. The van der Waals surface area contributed by atoms with Gasteiger partial charge in [0.15, 0.2) is 17.3 Å². The zero-order chi connectivity index (χ0) is 11.6. The van der Waals surface area contributed by atoms with Crippen LogP contribution in [0.25, 0.3) is 0 Å². The predicted molar refractivity (Wildman–Crippen MR) is 50.0 cm³/mol. The summed E-state index contributed by atoms with van der Waals surface area (Å²) in [6, 6.07) is 1.12. The van der Waals surface area contributed by atoms with Crippen LogP contribution in [0.1, 0.15) is 12.5 Å². The van der Waals surface area contributed by atoms with Crippen molar-refractivity contribution in [1.82, 2.24) is 0 Å². The Morgan fingerprint density at radius 2 is 2.00 bits per heavy atom. The molecular formula is C10H12F2O3. The van der Waals surface area contributed by atoms with Gasteiger partial charge in [0, 0.05) is 6.42 Å². The second-order valence-electron chi connectivity index (χ2n) is 3.27. The van der Waals surface area contributed by atoms with E-state index in [1.807, 2.05) is 0 Å². The Hall–Kier alpha value is -1.36. The average molecular weight is 218 g/mol. The minimum Gasteiger partial charge on any atom is -0.503 e. The van der Waals surface area contributed by atoms with E-state index in [1.165, 1.54) is 14.0 Å². The summed E-state index contributed by atoms with van der Waals surface area (Å²) in [4.78, 5) is 0. The highest BCUT2D eigenvalue weighted by atomic mass is 19.1. The lowest BCUT2D eigenvalue weighted by Crippen LogP contribution is -2.07. The van der Waals surface area contributed by atoms with Crippen LogP contribution in [-0.2, 0) is 6.42 Å². The maximum Gasteiger partial charge on any atom is 0.209 e. The smallest absolute Gasteiger partial charge is 0.209 e. The number of hydrogen-bond acceptors (Lipinski definition) is 3. The Bertz CT molecular complexity index is 364. The fourth-order valence-electron chi connectivity index (χ4n) is 1.27. The number of aliphatic hydroxyl groups excluding tert-OH is 1. The summed E-state index contributed by atoms with van der Waals surface area (Å²) in [5.41, 5.74) is 0.0146. The third kappa shape index (κ3) is 2.36. The molecule has 1 atom stereocenters. The van der Waals surface area contributed by atoms with Gasteiger partial charge in [-0.05, 0) is 18.6 Å². The molecule has 0 aliphatic rings. The van der Waals surface area contributed by atoms with Gasteiger partial charge < -0.3 is 14.9 Å². The van der Waals surface area contributed by atoms with Crippen molar-refractivity contribution in [3.63, 3.8) is 0 Å². The Morgan fingerprint density at radius 1 is 1.40 bits per heavy atom. The standard InChI is InChI=1S/C10H12F2O3/c1-5(13)3-6-4-7(15-2)9(12)10(14)8(6)11/h4-5,13-14H,3H2,1-2H3. The Labute approximate surface area is 85.9 Å². The number of methoxy groups -OCH3 is 1. The summed E-state index contributed by atoms with van der Waals surface area (Å²) >= 11 is 0. The van der Waals surface area contributed by atoms with Crippen LogP contribution < -0.4 is 4.74 Å². The molecule has 15 heavy (non-hydrogen) atoms. The van der Waals surface area contributed by atoms with Crippen molar-refractivity contribution in [2.24, 2.45) is 0 Å². The van der Waals surface area contributed by atoms with E-state index in [4.69, 9.17) is 10.2 Å². The van der Waals surface area contributed by atoms with Gasteiger partial charge in [-0.1, -0.05) is 0 Å². The molecule has 0 aliphatic heterocycles. The molecule has 3 nitrogen and oxygen atoms in total. The SMILES string of the molecule is COc1cc(CC(C)O)c(F)c(O)c1F. The lowest BCUT2D eigenvalue weighted by Gasteiger charge is -2.10. The van der Waals surface area contributed by atoms with Crippen molar-refractivity contribution in [3.8, 4) is 11.5 Å². The molecule has 1 aromatic carbocycles. The molecule has 0 spiro atoms. The summed E-state index contributed by atoms with van der Waals surface area (Å²) in [7, 11) is 1.21. The highest BCUT2D eigenvalue weighted by molar-refractivity contribution is 5.41. The van der Waals surface area contributed by atoms with Gasteiger partial charge in [0.1, 0.15) is 0 Å². The van der Waals surface area contributed by atoms with Crippen molar-refractivity contribution in [1.29, 1.82) is 0 Å². The van der Waals surface area contributed by atoms with Crippen molar-refractivity contribution < 1.29 is 23.7 Å². The number of rotatable bonds is 3. The fraction of sp³-hybridized carbons (Fsp3) is 0.400. The quantitative estimate of drug-likeness (QED) is 0.810. The van der Waals surface area contributed by atoms with Gasteiger partial charge in [0.05, 0.1) is 13.2 Å². The average Bonchev–Trinajstić information content (AvgIpc) is 2.18. The summed E-state index contributed by atoms with van der Waals surface area (Å²) in [6.07, 6.45) is -0.801. The van der Waals surface area contributed by atoms with E-state index in [9.17, 15) is 8.78 Å². The minimum absolute atomic E-state index is 0.0146. The van der Waals surface area contributed by atoms with Gasteiger partial charge in [0.25, 0.3) is 0 Å². The van der Waals surface area contributed by atoms with E-state index < -0.39 is 23.5 Å². The molecule has 0 radical (unpaired) electrons. The Kier molecular flexibility index (Phi) is 3.47. The molecule has 84 valence electrons. The summed E-state index contributed by atoms with van der Waals surface area (Å²) < 4.78 is 31.0. The number of phenolic OH excluding ortho intramolecular Hbond substituents is 1. The number of hydrogen-bond donors (Lipinski definition) is 2. The van der Waals surface area contributed by atoms with Crippen molar-refractivity contribution >= 4 is 0 Å². The largest absolute Gasteiger partial charge is 0.503 e. The van der Waals surface area contributed by atoms with Crippen molar-refractivity contribution in [3.05, 3.63) is 23.3 Å². The van der Waals surface area contributed by atoms with E-state index >= 15 is 0 Å². The maximum absolute atomic E-state index is 13.3. The third-order valence-corrected chi connectivity index (χ3v) is 1.95. The number of phenols is 1. The molecular weight excluding hydrogens is 206 g/mol. The van der Waals surface area contributed by atoms with Gasteiger partial charge in [-0.3, -0.25) is 0 Å². The van der Waals surface area contributed by atoms with Crippen LogP contribution in [0.5, 0.6) is 11.5 Å². The van der Waals surface area contributed by atoms with Crippen molar-refractivity contribution in [2.45, 2.75) is 19.4 Å². The number of ether oxygens (including phenoxy) is 1. The van der Waals surface area contributed by atoms with Crippen LogP contribution in [0, 0.1) is 11.6 Å². The van der Waals surface area contributed by atoms with Gasteiger partial charge in [-0.25, -0.2) is 4.39 Å². The number of benzene rings is 1. The Balaban J connectivity index is 3.22. The molecule has 5 heteroatoms. The normalized spacial score (nSPS) is 12.6. The van der Waals surface area contributed by atoms with Crippen LogP contribution in [-0.4, -0.2) is 23.4 Å². The van der Waals surface area contributed by atoms with Gasteiger partial charge in [-0.15, -0.1) is 0 Å². The van der Waals surface area contributed by atoms with Crippen LogP contribution >= 0.6 is 0 Å². The first-order chi connectivity index (χ1) is 6.97. The Morgan fingerprint density at radius 3 is 2.47 bits per heavy atom. The second-order valence-corrected chi connectivity index (χ2v) is 3.27. The molecule has 0 heterocycles. The van der Waals surface area contributed by atoms with E-state index in [1.54, 1.807) is 0 Å². The van der Waals surface area contributed by atoms with Crippen LogP contribution in [0.15, 0.2) is 6.07 Å². The molecule has 0 aromatic heterocycles. The molecule has 1 unspecified atom stereocenters. The topological polar surface area (TPSA) is 49.7 Å². The molecule has 0 bridgehead atoms. The zero-order valence-electron chi connectivity index (χ0n) is 8.42. The van der Waals surface area contributed by atoms with Crippen molar-refractivity contribution in [2.75, 3.05) is 7.11 Å². The van der Waals surface area contributed by atoms with Crippen LogP contribution in [0.3, 0.4) is 0 Å². The predicted octanol–water partition coefficient (Wildman–Crippen LogP) is 1.60. The molecule has 0 amide bonds. The third-order valence-electron chi connectivity index (χ3n) is 1.95. The van der Waals surface area contributed by atoms with Gasteiger partial charge >= 0.3 is 0 Å². The highest BCUT2D eigenvalue weighted by Gasteiger charge is 2.19. The van der Waals surface area contributed by atoms with E-state index in [-0.39, 0.29) is 17.7 Å². The molecule has 0 fully saturated rings. The van der Waals surface area contributed by atoms with Crippen LogP contribution in [0.4, 0.5) is 8.78 Å². The van der Waals surface area contributed by atoms with Crippen LogP contribution in [0.2, 0.25) is 0 Å². The molecule has 2 N–H and O–H groups in total. The summed E-state index contributed by atoms with van der Waals surface area (Å²) in [5, 5.41) is 18.2. The highest BCUT2D eigenvalue weighted by Crippen LogP contribution is 2.31. The minimum atomic E-state index is -1.13. The summed E-state index contributed by atoms with van der Waals surface area (Å²) in [5.74, 6) is -3.52. The van der Waals surface area contributed by atoms with E-state index in [0.29, 0.717) is 0 Å². The second kappa shape index (κ2) is 4.44. The fourth-order valence-corrected chi connectivity index (χ4v) is 1.27. The first kappa shape index (κ1) is 11.7. The monoisotopic (exact) mass is 218 g/mol. The lowest BCUT2D eigenvalue weighted by molar-refractivity contribution is 0.193. The molecule has 1 rings (SSSR count). The molecule has 0 aliphatic carbocycles. The molecule has 0 saturated carbocycles. The number of aromatic hydroxyl groups is 1. The first-order valence-corrected chi connectivity index (χ1v) is 4.39. The molecule has 0 saturated heterocycles. The number of halogens is 2. The zero-order valence-corrected chi connectivity index (χ0v) is 8.42. The molecule has 1 aromatic rings. The van der Waals surface area contributed by atoms with Gasteiger partial charge in [0.2, 0.25) is 5.82 Å². The summed E-state index contributed by atoms with van der Waals surface area (Å²) in [6.45, 7) is 1.46. The first-order valence-electron chi connectivity index (χ1n) is 4.39.